The normalized spacial score (nSPS) is 11.8. The Hall–Kier alpha value is -2.54. The second-order valence-corrected chi connectivity index (χ2v) is 5.63. The van der Waals surface area contributed by atoms with Crippen molar-refractivity contribution >= 4 is 23.7 Å². The summed E-state index contributed by atoms with van der Waals surface area (Å²) in [7, 11) is 1.64. The molecule has 0 aliphatic carbocycles. The lowest BCUT2D eigenvalue weighted by atomic mass is 10.1. The summed E-state index contributed by atoms with van der Waals surface area (Å²) < 4.78 is 6.56. The van der Waals surface area contributed by atoms with Gasteiger partial charge in [-0.25, -0.2) is 4.79 Å². The Labute approximate surface area is 144 Å². The number of nitrogens with zero attached hydrogens (tertiary/aromatic N) is 2. The molecule has 2 rings (SSSR count). The number of aryl methyl sites for hydroxylation is 2. The molecule has 8 heteroatoms. The van der Waals surface area contributed by atoms with Gasteiger partial charge in [0.1, 0.15) is 11.8 Å². The molecule has 0 unspecified atom stereocenters. The van der Waals surface area contributed by atoms with Gasteiger partial charge in [0.15, 0.2) is 0 Å². The number of carboxylic acids is 1. The van der Waals surface area contributed by atoms with Crippen LogP contribution in [0.15, 0.2) is 30.3 Å². The predicted octanol–water partition coefficient (Wildman–Crippen LogP) is 2.82. The van der Waals surface area contributed by atoms with E-state index < -0.39 is 18.1 Å². The smallest absolute Gasteiger partial charge is 0.407 e. The number of nitrogens with one attached hydrogen (secondary N) is 1. The van der Waals surface area contributed by atoms with Crippen LogP contribution in [0.2, 0.25) is 5.15 Å². The Morgan fingerprint density at radius 3 is 2.58 bits per heavy atom. The fourth-order valence-corrected chi connectivity index (χ4v) is 2.66. The summed E-state index contributed by atoms with van der Waals surface area (Å²) in [5.74, 6) is -1.07. The first-order chi connectivity index (χ1) is 11.4. The van der Waals surface area contributed by atoms with E-state index in [0.29, 0.717) is 11.3 Å². The van der Waals surface area contributed by atoms with E-state index in [1.165, 1.54) is 4.68 Å². The minimum Gasteiger partial charge on any atom is -0.481 e. The van der Waals surface area contributed by atoms with Crippen molar-refractivity contribution in [1.29, 1.82) is 0 Å². The number of carbonyl (C=O) groups is 2. The minimum atomic E-state index is -1.07. The summed E-state index contributed by atoms with van der Waals surface area (Å²) in [5, 5.41) is 16.1. The van der Waals surface area contributed by atoms with E-state index in [0.717, 1.165) is 5.56 Å². The Balaban J connectivity index is 2.08. The number of amides is 1. The number of carbonyl (C=O) groups excluding carboxylic acids is 1. The van der Waals surface area contributed by atoms with E-state index in [1.54, 1.807) is 14.0 Å². The third-order valence-corrected chi connectivity index (χ3v) is 3.88. The largest absolute Gasteiger partial charge is 0.481 e. The first-order valence-corrected chi connectivity index (χ1v) is 7.64. The van der Waals surface area contributed by atoms with Crippen molar-refractivity contribution in [2.45, 2.75) is 26.0 Å². The van der Waals surface area contributed by atoms with Gasteiger partial charge in [0.05, 0.1) is 18.2 Å². The lowest BCUT2D eigenvalue weighted by Gasteiger charge is -2.17. The zero-order valence-electron chi connectivity index (χ0n) is 13.3. The number of halogens is 1. The van der Waals surface area contributed by atoms with Gasteiger partial charge < -0.3 is 15.2 Å². The molecule has 1 atom stereocenters. The van der Waals surface area contributed by atoms with Crippen LogP contribution in [0, 0.1) is 6.92 Å². The maximum absolute atomic E-state index is 12.0. The van der Waals surface area contributed by atoms with Crippen molar-refractivity contribution in [3.05, 3.63) is 52.3 Å². The highest BCUT2D eigenvalue weighted by molar-refractivity contribution is 6.30. The molecule has 1 aromatic heterocycles. The van der Waals surface area contributed by atoms with Gasteiger partial charge in [0.25, 0.3) is 0 Å². The van der Waals surface area contributed by atoms with Crippen molar-refractivity contribution in [3.63, 3.8) is 0 Å². The highest BCUT2D eigenvalue weighted by Crippen LogP contribution is 2.28. The first kappa shape index (κ1) is 17.8. The van der Waals surface area contributed by atoms with E-state index in [-0.39, 0.29) is 18.2 Å². The SMILES string of the molecule is Cc1nn(C)c(Cl)c1[C@@H](CC(=O)O)NC(=O)OCc1ccccc1. The van der Waals surface area contributed by atoms with E-state index in [2.05, 4.69) is 10.4 Å². The maximum atomic E-state index is 12.0. The van der Waals surface area contributed by atoms with Crippen LogP contribution in [0.25, 0.3) is 0 Å². The average molecular weight is 352 g/mol. The van der Waals surface area contributed by atoms with E-state index in [4.69, 9.17) is 21.4 Å². The molecule has 0 aliphatic heterocycles. The Morgan fingerprint density at radius 1 is 1.38 bits per heavy atom. The van der Waals surface area contributed by atoms with Crippen LogP contribution in [-0.2, 0) is 23.2 Å². The second-order valence-electron chi connectivity index (χ2n) is 5.27. The molecule has 0 saturated heterocycles. The van der Waals surface area contributed by atoms with Gasteiger partial charge in [-0.3, -0.25) is 9.48 Å². The molecular formula is C16H18ClN3O4. The van der Waals surface area contributed by atoms with Crippen LogP contribution in [0.1, 0.15) is 29.3 Å². The number of hydrogen-bond donors (Lipinski definition) is 2. The van der Waals surface area contributed by atoms with Crippen LogP contribution in [-0.4, -0.2) is 26.9 Å². The summed E-state index contributed by atoms with van der Waals surface area (Å²) >= 11 is 6.16. The van der Waals surface area contributed by atoms with Crippen LogP contribution >= 0.6 is 11.6 Å². The summed E-state index contributed by atoms with van der Waals surface area (Å²) in [6, 6.07) is 8.35. The van der Waals surface area contributed by atoms with Gasteiger partial charge in [-0.05, 0) is 12.5 Å². The number of aliphatic carboxylic acids is 1. The van der Waals surface area contributed by atoms with E-state index in [1.807, 2.05) is 30.3 Å². The number of rotatable bonds is 6. The van der Waals surface area contributed by atoms with Gasteiger partial charge in [-0.1, -0.05) is 41.9 Å². The topological polar surface area (TPSA) is 93.5 Å². The lowest BCUT2D eigenvalue weighted by Crippen LogP contribution is -2.31. The highest BCUT2D eigenvalue weighted by Gasteiger charge is 2.26. The van der Waals surface area contributed by atoms with Gasteiger partial charge in [-0.15, -0.1) is 0 Å². The van der Waals surface area contributed by atoms with Gasteiger partial charge in [-0.2, -0.15) is 5.10 Å². The summed E-state index contributed by atoms with van der Waals surface area (Å²) in [5.41, 5.74) is 1.85. The Bertz CT molecular complexity index is 730. The molecule has 0 saturated carbocycles. The molecule has 1 amide bonds. The molecule has 2 aromatic rings. The standard InChI is InChI=1S/C16H18ClN3O4/c1-10-14(15(17)20(2)19-10)12(8-13(21)22)18-16(23)24-9-11-6-4-3-5-7-11/h3-7,12H,8-9H2,1-2H3,(H,18,23)(H,21,22)/t12-/m1/s1. The average Bonchev–Trinajstić information content (AvgIpc) is 2.78. The van der Waals surface area contributed by atoms with Crippen molar-refractivity contribution in [3.8, 4) is 0 Å². The van der Waals surface area contributed by atoms with Crippen molar-refractivity contribution in [1.82, 2.24) is 15.1 Å². The molecular weight excluding hydrogens is 334 g/mol. The van der Waals surface area contributed by atoms with Crippen molar-refractivity contribution < 1.29 is 19.4 Å². The third kappa shape index (κ3) is 4.48. The molecule has 24 heavy (non-hydrogen) atoms. The van der Waals surface area contributed by atoms with Crippen LogP contribution < -0.4 is 5.32 Å². The van der Waals surface area contributed by atoms with E-state index >= 15 is 0 Å². The van der Waals surface area contributed by atoms with Gasteiger partial charge in [0, 0.05) is 12.6 Å². The molecule has 0 radical (unpaired) electrons. The predicted molar refractivity (Wildman–Crippen MR) is 87.7 cm³/mol. The number of alkyl carbamates (subject to hydrolysis) is 1. The molecule has 7 nitrogen and oxygen atoms in total. The molecule has 2 N–H and O–H groups in total. The van der Waals surface area contributed by atoms with Crippen molar-refractivity contribution in [2.75, 3.05) is 0 Å². The maximum Gasteiger partial charge on any atom is 0.407 e. The lowest BCUT2D eigenvalue weighted by molar-refractivity contribution is -0.137. The van der Waals surface area contributed by atoms with Crippen LogP contribution in [0.3, 0.4) is 0 Å². The minimum absolute atomic E-state index is 0.0895. The van der Waals surface area contributed by atoms with E-state index in [9.17, 15) is 9.59 Å². The van der Waals surface area contributed by atoms with Gasteiger partial charge >= 0.3 is 12.1 Å². The monoisotopic (exact) mass is 351 g/mol. The first-order valence-electron chi connectivity index (χ1n) is 7.26. The molecule has 1 heterocycles. The number of ether oxygens (including phenoxy) is 1. The number of hydrogen-bond acceptors (Lipinski definition) is 4. The molecule has 0 spiro atoms. The molecule has 0 fully saturated rings. The zero-order valence-corrected chi connectivity index (χ0v) is 14.1. The Morgan fingerprint density at radius 2 is 2.04 bits per heavy atom. The zero-order chi connectivity index (χ0) is 17.7. The highest BCUT2D eigenvalue weighted by atomic mass is 35.5. The molecule has 0 bridgehead atoms. The fraction of sp³-hybridized carbons (Fsp3) is 0.312. The molecule has 1 aromatic carbocycles. The number of benzene rings is 1. The number of aromatic nitrogens is 2. The van der Waals surface area contributed by atoms with Crippen LogP contribution in [0.4, 0.5) is 4.79 Å². The Kier molecular flexibility index (Phi) is 5.81. The summed E-state index contributed by atoms with van der Waals surface area (Å²) in [6.07, 6.45) is -1.04. The summed E-state index contributed by atoms with van der Waals surface area (Å²) in [4.78, 5) is 23.1. The van der Waals surface area contributed by atoms with Gasteiger partial charge in [0.2, 0.25) is 0 Å². The number of carboxylic acid groups (broad SMARTS) is 1. The quantitative estimate of drug-likeness (QED) is 0.834. The third-order valence-electron chi connectivity index (χ3n) is 3.43. The molecule has 0 aliphatic rings. The molecule has 128 valence electrons. The second kappa shape index (κ2) is 7.83. The van der Waals surface area contributed by atoms with Crippen molar-refractivity contribution in [2.24, 2.45) is 7.05 Å². The summed E-state index contributed by atoms with van der Waals surface area (Å²) in [6.45, 7) is 1.79. The van der Waals surface area contributed by atoms with Crippen LogP contribution in [0.5, 0.6) is 0 Å². The fourth-order valence-electron chi connectivity index (χ4n) is 2.35.